The van der Waals surface area contributed by atoms with E-state index in [1.807, 2.05) is 0 Å². The van der Waals surface area contributed by atoms with Crippen LogP contribution >= 0.6 is 11.6 Å². The van der Waals surface area contributed by atoms with E-state index < -0.39 is 17.4 Å². The van der Waals surface area contributed by atoms with Gasteiger partial charge in [0.2, 0.25) is 0 Å². The van der Waals surface area contributed by atoms with Crippen molar-refractivity contribution in [3.63, 3.8) is 0 Å². The molecule has 1 aromatic heterocycles. The van der Waals surface area contributed by atoms with Crippen LogP contribution in [-0.2, 0) is 0 Å². The van der Waals surface area contributed by atoms with Gasteiger partial charge in [0.1, 0.15) is 0 Å². The molecule has 0 radical (unpaired) electrons. The Labute approximate surface area is 102 Å². The molecular formula is C11H12ClN3O2. The fourth-order valence-corrected chi connectivity index (χ4v) is 1.97. The summed E-state index contributed by atoms with van der Waals surface area (Å²) < 4.78 is 1.11. The number of aromatic nitrogens is 2. The lowest BCUT2D eigenvalue weighted by atomic mass is 10.2. The Bertz CT molecular complexity index is 674. The lowest BCUT2D eigenvalue weighted by Crippen LogP contribution is -2.41. The van der Waals surface area contributed by atoms with E-state index in [9.17, 15) is 9.59 Å². The van der Waals surface area contributed by atoms with Crippen molar-refractivity contribution >= 4 is 22.5 Å². The van der Waals surface area contributed by atoms with Crippen molar-refractivity contribution < 1.29 is 0 Å². The van der Waals surface area contributed by atoms with Gasteiger partial charge in [-0.15, -0.1) is 0 Å². The van der Waals surface area contributed by atoms with Crippen LogP contribution in [0.4, 0.5) is 0 Å². The van der Waals surface area contributed by atoms with Crippen molar-refractivity contribution in [1.29, 1.82) is 0 Å². The minimum Gasteiger partial charge on any atom is -0.307 e. The van der Waals surface area contributed by atoms with Crippen LogP contribution in [0.25, 0.3) is 10.9 Å². The second-order valence-corrected chi connectivity index (χ2v) is 4.14. The van der Waals surface area contributed by atoms with Crippen molar-refractivity contribution in [3.8, 4) is 0 Å². The molecule has 0 saturated carbocycles. The summed E-state index contributed by atoms with van der Waals surface area (Å²) in [4.78, 5) is 26.6. The quantitative estimate of drug-likeness (QED) is 0.842. The summed E-state index contributed by atoms with van der Waals surface area (Å²) in [5.74, 6) is 0. The molecule has 2 rings (SSSR count). The van der Waals surface area contributed by atoms with E-state index in [2.05, 4.69) is 10.3 Å². The van der Waals surface area contributed by atoms with Crippen molar-refractivity contribution in [1.82, 2.24) is 14.9 Å². The van der Waals surface area contributed by atoms with Gasteiger partial charge in [-0.2, -0.15) is 0 Å². The zero-order valence-corrected chi connectivity index (χ0v) is 10.2. The van der Waals surface area contributed by atoms with Crippen LogP contribution in [0, 0.1) is 0 Å². The maximum atomic E-state index is 12.2. The first-order chi connectivity index (χ1) is 8.06. The summed E-state index contributed by atoms with van der Waals surface area (Å²) in [5.41, 5.74) is -0.394. The van der Waals surface area contributed by atoms with E-state index >= 15 is 0 Å². The average molecular weight is 254 g/mol. The van der Waals surface area contributed by atoms with Crippen LogP contribution in [-0.4, -0.2) is 16.6 Å². The molecule has 0 aliphatic heterocycles. The second kappa shape index (κ2) is 4.35. The molecule has 1 unspecified atom stereocenters. The Morgan fingerprint density at radius 2 is 2.12 bits per heavy atom. The molecule has 1 heterocycles. The van der Waals surface area contributed by atoms with E-state index in [1.165, 1.54) is 0 Å². The third-order valence-corrected chi connectivity index (χ3v) is 3.03. The summed E-state index contributed by atoms with van der Waals surface area (Å²) in [6.07, 6.45) is -0.396. The third kappa shape index (κ3) is 1.87. The fourth-order valence-electron chi connectivity index (χ4n) is 1.71. The van der Waals surface area contributed by atoms with Gasteiger partial charge < -0.3 is 10.3 Å². The lowest BCUT2D eigenvalue weighted by Gasteiger charge is -2.13. The van der Waals surface area contributed by atoms with Gasteiger partial charge in [0.05, 0.1) is 22.1 Å². The van der Waals surface area contributed by atoms with Gasteiger partial charge in [-0.1, -0.05) is 17.7 Å². The monoisotopic (exact) mass is 253 g/mol. The number of H-pyrrole nitrogens is 1. The molecule has 2 N–H and O–H groups in total. The molecule has 1 aromatic carbocycles. The van der Waals surface area contributed by atoms with E-state index in [1.54, 1.807) is 32.2 Å². The molecule has 0 bridgehead atoms. The summed E-state index contributed by atoms with van der Waals surface area (Å²) in [5, 5.41) is 3.51. The molecule has 0 saturated heterocycles. The predicted molar refractivity (Wildman–Crippen MR) is 67.6 cm³/mol. The molecule has 0 fully saturated rings. The van der Waals surface area contributed by atoms with E-state index in [-0.39, 0.29) is 0 Å². The van der Waals surface area contributed by atoms with Gasteiger partial charge in [0.15, 0.2) is 0 Å². The van der Waals surface area contributed by atoms with E-state index in [0.717, 1.165) is 4.57 Å². The molecule has 0 amide bonds. The normalized spacial score (nSPS) is 12.9. The highest BCUT2D eigenvalue weighted by Crippen LogP contribution is 2.17. The number of nitrogens with zero attached hydrogens (tertiary/aromatic N) is 1. The van der Waals surface area contributed by atoms with Gasteiger partial charge in [-0.05, 0) is 26.1 Å². The highest BCUT2D eigenvalue weighted by molar-refractivity contribution is 6.35. The Balaban J connectivity index is 2.94. The molecule has 5 nitrogen and oxygen atoms in total. The van der Waals surface area contributed by atoms with Crippen molar-refractivity contribution in [3.05, 3.63) is 44.1 Å². The first-order valence-electron chi connectivity index (χ1n) is 5.16. The summed E-state index contributed by atoms with van der Waals surface area (Å²) in [7, 11) is 1.67. The minimum atomic E-state index is -0.452. The zero-order valence-electron chi connectivity index (χ0n) is 9.45. The van der Waals surface area contributed by atoms with Crippen LogP contribution < -0.4 is 16.6 Å². The Morgan fingerprint density at radius 3 is 2.76 bits per heavy atom. The molecule has 0 aliphatic carbocycles. The van der Waals surface area contributed by atoms with Crippen LogP contribution in [0.1, 0.15) is 13.1 Å². The molecule has 2 aromatic rings. The largest absolute Gasteiger partial charge is 0.330 e. The van der Waals surface area contributed by atoms with Crippen LogP contribution in [0.3, 0.4) is 0 Å². The number of halogens is 1. The minimum absolute atomic E-state index is 0.330. The molecule has 90 valence electrons. The van der Waals surface area contributed by atoms with Crippen LogP contribution in [0.15, 0.2) is 27.8 Å². The number of fused-ring (bicyclic) bond motifs is 1. The van der Waals surface area contributed by atoms with Crippen LogP contribution in [0.5, 0.6) is 0 Å². The number of hydrogen-bond acceptors (Lipinski definition) is 3. The Kier molecular flexibility index (Phi) is 3.04. The first-order valence-corrected chi connectivity index (χ1v) is 5.54. The molecule has 0 spiro atoms. The first kappa shape index (κ1) is 11.9. The standard InChI is InChI=1S/C11H12ClN3O2/c1-6(13-2)15-10(16)9-7(12)4-3-5-8(9)14-11(15)17/h3-6,13H,1-2H3,(H,14,17). The summed E-state index contributed by atoms with van der Waals surface area (Å²) in [6.45, 7) is 1.72. The highest BCUT2D eigenvalue weighted by atomic mass is 35.5. The maximum Gasteiger partial charge on any atom is 0.330 e. The second-order valence-electron chi connectivity index (χ2n) is 3.73. The Morgan fingerprint density at radius 1 is 1.41 bits per heavy atom. The van der Waals surface area contributed by atoms with Gasteiger partial charge in [-0.3, -0.25) is 4.79 Å². The number of nitrogens with one attached hydrogen (secondary N) is 2. The van der Waals surface area contributed by atoms with E-state index in [4.69, 9.17) is 11.6 Å². The van der Waals surface area contributed by atoms with Gasteiger partial charge in [-0.25, -0.2) is 9.36 Å². The Hall–Kier alpha value is -1.59. The lowest BCUT2D eigenvalue weighted by molar-refractivity contribution is 0.447. The van der Waals surface area contributed by atoms with Crippen molar-refractivity contribution in [2.75, 3.05) is 7.05 Å². The number of hydrogen-bond donors (Lipinski definition) is 2. The highest BCUT2D eigenvalue weighted by Gasteiger charge is 2.13. The van der Waals surface area contributed by atoms with E-state index in [0.29, 0.717) is 15.9 Å². The topological polar surface area (TPSA) is 66.9 Å². The third-order valence-electron chi connectivity index (χ3n) is 2.71. The maximum absolute atomic E-state index is 12.2. The van der Waals surface area contributed by atoms with Gasteiger partial charge in [0.25, 0.3) is 5.56 Å². The number of benzene rings is 1. The number of rotatable bonds is 2. The fraction of sp³-hybridized carbons (Fsp3) is 0.273. The van der Waals surface area contributed by atoms with Crippen LogP contribution in [0.2, 0.25) is 5.02 Å². The number of aromatic amines is 1. The van der Waals surface area contributed by atoms with Gasteiger partial charge in [0, 0.05) is 0 Å². The summed E-state index contributed by atoms with van der Waals surface area (Å²) >= 11 is 5.98. The molecule has 0 aliphatic rings. The molecule has 1 atom stereocenters. The SMILES string of the molecule is CNC(C)n1c(=O)[nH]c2cccc(Cl)c2c1=O. The van der Waals surface area contributed by atoms with Gasteiger partial charge >= 0.3 is 5.69 Å². The average Bonchev–Trinajstić information content (AvgIpc) is 2.28. The molecule has 6 heteroatoms. The van der Waals surface area contributed by atoms with Crippen molar-refractivity contribution in [2.45, 2.75) is 13.1 Å². The zero-order chi connectivity index (χ0) is 12.6. The smallest absolute Gasteiger partial charge is 0.307 e. The molecular weight excluding hydrogens is 242 g/mol. The summed E-state index contributed by atoms with van der Waals surface area (Å²) in [6, 6.07) is 4.96. The molecule has 17 heavy (non-hydrogen) atoms. The van der Waals surface area contributed by atoms with Crippen molar-refractivity contribution in [2.24, 2.45) is 0 Å². The predicted octanol–water partition coefficient (Wildman–Crippen LogP) is 1.08.